The minimum atomic E-state index is -5.84. The molecule has 14 rings (SSSR count). The molecule has 0 fully saturated rings. The topological polar surface area (TPSA) is 211 Å². The van der Waals surface area contributed by atoms with Gasteiger partial charge in [-0.1, -0.05) is 97.2 Å². The van der Waals surface area contributed by atoms with Crippen molar-refractivity contribution in [1.82, 2.24) is 34.9 Å². The summed E-state index contributed by atoms with van der Waals surface area (Å²) < 4.78 is 246. The molecule has 9 aromatic heterocycles. The molecule has 14 aromatic rings. The Morgan fingerprint density at radius 1 is 0.442 bits per heavy atom. The van der Waals surface area contributed by atoms with E-state index in [2.05, 4.69) is 79.1 Å². The third-order valence-corrected chi connectivity index (χ3v) is 15.4. The van der Waals surface area contributed by atoms with E-state index < -0.39 is 75.4 Å². The van der Waals surface area contributed by atoms with Gasteiger partial charge in [0.25, 0.3) is 0 Å². The fraction of sp³-hybridized carbons (Fsp3) is 0.226. The first-order valence-corrected chi connectivity index (χ1v) is 32.0. The maximum atomic E-state index is 10.7. The first kappa shape index (κ1) is 56.1. The summed E-state index contributed by atoms with van der Waals surface area (Å²) in [5.74, 6) is -3.99. The van der Waals surface area contributed by atoms with E-state index in [1.807, 2.05) is 97.2 Å². The number of nitrogens with zero attached hydrogens (tertiary/aromatic N) is 7. The van der Waals surface area contributed by atoms with Crippen molar-refractivity contribution in [3.63, 3.8) is 0 Å². The van der Waals surface area contributed by atoms with Gasteiger partial charge in [0.15, 0.2) is 0 Å². The van der Waals surface area contributed by atoms with E-state index in [1.165, 1.54) is 54.8 Å². The number of aliphatic hydroxyl groups excluding tert-OH is 2. The Morgan fingerprint density at radius 3 is 1.25 bits per heavy atom. The summed E-state index contributed by atoms with van der Waals surface area (Å²) in [6.45, 7) is -4.96. The number of furan rings is 2. The molecule has 546 valence electrons. The van der Waals surface area contributed by atoms with Crippen LogP contribution in [0.4, 0.5) is 13.2 Å². The maximum absolute atomic E-state index is 10.7. The number of halogens is 3. The van der Waals surface area contributed by atoms with Crippen LogP contribution in [0.15, 0.2) is 198 Å². The molecule has 0 aliphatic rings. The van der Waals surface area contributed by atoms with E-state index in [0.717, 1.165) is 77.6 Å². The Labute approximate surface area is 667 Å². The van der Waals surface area contributed by atoms with Gasteiger partial charge in [-0.05, 0) is 173 Å². The van der Waals surface area contributed by atoms with Gasteiger partial charge in [-0.15, -0.1) is 126 Å². The van der Waals surface area contributed by atoms with Gasteiger partial charge in [0.05, 0.1) is 11.3 Å². The predicted molar refractivity (Wildman–Crippen MR) is 403 cm³/mol. The van der Waals surface area contributed by atoms with Gasteiger partial charge in [0.2, 0.25) is 11.4 Å². The quantitative estimate of drug-likeness (QED) is 0.0770. The number of alkyl halides is 3. The van der Waals surface area contributed by atoms with Crippen molar-refractivity contribution in [2.24, 2.45) is 0 Å². The van der Waals surface area contributed by atoms with Gasteiger partial charge in [0.1, 0.15) is 5.58 Å². The molecular formula is C84H84F3Ir2N7O7S-4. The number of hydrogen-bond acceptors (Lipinski definition) is 13. The summed E-state index contributed by atoms with van der Waals surface area (Å²) in [7, 11) is -3.84. The zero-order valence-electron chi connectivity index (χ0n) is 80.2. The van der Waals surface area contributed by atoms with Crippen molar-refractivity contribution in [1.29, 1.82) is 0 Å². The van der Waals surface area contributed by atoms with Crippen LogP contribution in [0.25, 0.3) is 100 Å². The Balaban J connectivity index is 0.000000281. The van der Waals surface area contributed by atoms with Crippen molar-refractivity contribution in [2.75, 3.05) is 14.2 Å². The van der Waals surface area contributed by atoms with Gasteiger partial charge in [-0.3, -0.25) is 9.54 Å². The Bertz CT molecular complexity index is 6080. The normalized spacial score (nSPS) is 15.9. The van der Waals surface area contributed by atoms with Crippen LogP contribution in [0.1, 0.15) is 138 Å². The molecule has 3 N–H and O–H groups in total. The van der Waals surface area contributed by atoms with E-state index in [0.29, 0.717) is 60.8 Å². The van der Waals surface area contributed by atoms with Gasteiger partial charge in [0, 0.05) is 150 Å². The number of hydrogen-bond donors (Lipinski definition) is 3. The van der Waals surface area contributed by atoms with Crippen LogP contribution in [-0.4, -0.2) is 77.8 Å². The molecule has 9 heterocycles. The average molecular weight is 1800 g/mol. The standard InChI is InChI=1S/C21H20N2O.C21H19N2O.3C13H12N.CHF3O3S.2CH4O.2Ir/c2*1-12(2)18-11-22-19(10-13(18)3)17-7-5-6-15-16-9-8-14(4)23-21(16)24-20(15)17;3*1-10-8-13(14-9-11(10)2)12-6-4-3-5-7-12;2-1(3,4)8(5,6)7;2*1-2;;/h5-12H,1-4H3;5-6,8-12H,1-4H3;3*3-6,8-9H,1-2H3;(H,5,6,7);2*2H,1H3;;/q;4*-1;;;;;/i1D3,4D3,12D;1D3,3D3,4D3,12D;2*2D3;;;;;;. The predicted octanol–water partition coefficient (Wildman–Crippen LogP) is 20.5. The van der Waals surface area contributed by atoms with Gasteiger partial charge >= 0.3 is 15.6 Å². The molecule has 0 spiro atoms. The number of aromatic nitrogens is 7. The zero-order valence-corrected chi connectivity index (χ0v) is 62.8. The molecule has 2 unspecified atom stereocenters. The van der Waals surface area contributed by atoms with Crippen molar-refractivity contribution in [3.8, 4) is 56.3 Å². The van der Waals surface area contributed by atoms with E-state index in [4.69, 9.17) is 63.5 Å². The van der Waals surface area contributed by atoms with Gasteiger partial charge in [-0.25, -0.2) is 9.97 Å². The SMILES string of the molecule is CO.CO.Cc1cnc(-c2[c-]cccc2)cc1C.O=S(=O)(O)C(F)(F)F.[2H]C([2H])([2H])c1ccc2c(n1)oc1c(-c3cc(C([2H])([2H])[2H])c(C([2H])(C)C([2H])([2H])[2H])cn3)[c-]ccc12.[2H]C([2H])([2H])c1ccc2c(n1)oc1c(-c3cc(C)c(C([2H])(C)C([2H])([2H])[2H])cn3)cccc12.[2H]C([2H])([2H])c1cnc(-c2[c-]cccc2)cc1C.[2H]C([2H])([2H])c1cnc(-c2[c-]cccc2)cc1C.[Ir].[Ir]. The molecular weight excluding hydrogens is 1690 g/mol. The Morgan fingerprint density at radius 2 is 0.846 bits per heavy atom. The summed E-state index contributed by atoms with van der Waals surface area (Å²) in [5, 5.41) is 16.6. The van der Waals surface area contributed by atoms with Crippen molar-refractivity contribution < 1.29 is 117 Å². The summed E-state index contributed by atoms with van der Waals surface area (Å²) in [4.78, 5) is 29.7. The molecule has 20 heteroatoms. The second-order valence-corrected chi connectivity index (χ2v) is 23.4. The van der Waals surface area contributed by atoms with Crippen LogP contribution in [0, 0.1) is 93.1 Å². The molecule has 5 aromatic carbocycles. The fourth-order valence-corrected chi connectivity index (χ4v) is 9.52. The second-order valence-electron chi connectivity index (χ2n) is 22.0. The van der Waals surface area contributed by atoms with Crippen LogP contribution in [-0.2, 0) is 50.3 Å². The minimum Gasteiger partial charge on any atom is -0.486 e. The van der Waals surface area contributed by atoms with Crippen LogP contribution < -0.4 is 0 Å². The fourth-order valence-electron chi connectivity index (χ4n) is 9.52. The number of aliphatic hydroxyl groups is 2. The molecule has 104 heavy (non-hydrogen) atoms. The summed E-state index contributed by atoms with van der Waals surface area (Å²) in [5.41, 5.74) is 7.34. The number of rotatable bonds is 7. The molecule has 0 saturated carbocycles. The van der Waals surface area contributed by atoms with E-state index >= 15 is 0 Å². The summed E-state index contributed by atoms with van der Waals surface area (Å²) in [6.07, 6.45) is 7.29. The molecule has 0 amide bonds. The van der Waals surface area contributed by atoms with Crippen LogP contribution in [0.2, 0.25) is 0 Å². The number of benzene rings is 5. The zero-order chi connectivity index (χ0) is 93.9. The van der Waals surface area contributed by atoms with E-state index in [9.17, 15) is 13.2 Å². The number of fused-ring (bicyclic) bond motifs is 6. The molecule has 0 aliphatic heterocycles. The first-order chi connectivity index (χ1) is 57.8. The molecule has 2 radical (unpaired) electrons. The average Bonchev–Trinajstić information content (AvgIpc) is 1.68. The van der Waals surface area contributed by atoms with E-state index in [1.54, 1.807) is 63.2 Å². The number of para-hydroxylation sites is 1. The third kappa shape index (κ3) is 22.3. The summed E-state index contributed by atoms with van der Waals surface area (Å²) >= 11 is 0. The van der Waals surface area contributed by atoms with Crippen molar-refractivity contribution in [3.05, 3.63) is 280 Å². The first-order valence-electron chi connectivity index (χ1n) is 42.1. The third-order valence-electron chi connectivity index (χ3n) is 14.9. The van der Waals surface area contributed by atoms with Crippen molar-refractivity contribution >= 4 is 54.3 Å². The van der Waals surface area contributed by atoms with Crippen LogP contribution >= 0.6 is 0 Å². The smallest absolute Gasteiger partial charge is 0.486 e. The molecule has 0 aliphatic carbocycles. The number of pyridine rings is 7. The van der Waals surface area contributed by atoms with Gasteiger partial charge < -0.3 is 39.0 Å². The van der Waals surface area contributed by atoms with E-state index in [-0.39, 0.29) is 85.4 Å². The second kappa shape index (κ2) is 39.5. The monoisotopic (exact) mass is 1800 g/mol. The van der Waals surface area contributed by atoms with Gasteiger partial charge in [-0.2, -0.15) is 21.6 Å². The molecule has 2 atom stereocenters. The number of aryl methyl sites for hydroxylation is 10. The molecule has 0 bridgehead atoms. The Kier molecular flexibility index (Phi) is 21.3. The maximum Gasteiger partial charge on any atom is 0.522 e. The largest absolute Gasteiger partial charge is 0.522 e. The van der Waals surface area contributed by atoms with Crippen LogP contribution in [0.5, 0.6) is 0 Å². The molecule has 0 saturated heterocycles. The minimum absolute atomic E-state index is 0. The summed E-state index contributed by atoms with van der Waals surface area (Å²) in [6, 6.07) is 58.7. The van der Waals surface area contributed by atoms with Crippen LogP contribution in [0.3, 0.4) is 0 Å². The molecule has 14 nitrogen and oxygen atoms in total. The Hall–Kier alpha value is -9.33. The van der Waals surface area contributed by atoms with Crippen molar-refractivity contribution in [2.45, 2.75) is 114 Å².